The number of benzene rings is 1. The molecule has 0 radical (unpaired) electrons. The van der Waals surface area contributed by atoms with Crippen LogP contribution < -0.4 is 5.32 Å². The van der Waals surface area contributed by atoms with Gasteiger partial charge in [-0.25, -0.2) is 0 Å². The van der Waals surface area contributed by atoms with E-state index < -0.39 is 0 Å². The second-order valence-corrected chi connectivity index (χ2v) is 7.35. The lowest BCUT2D eigenvalue weighted by molar-refractivity contribution is 0.162. The minimum Gasteiger partial charge on any atom is -0.382 e. The fraction of sp³-hybridized carbons (Fsp3) is 0.684. The second-order valence-electron chi connectivity index (χ2n) is 7.35. The van der Waals surface area contributed by atoms with Crippen LogP contribution in [0.1, 0.15) is 50.5 Å². The van der Waals surface area contributed by atoms with E-state index in [1.54, 1.807) is 0 Å². The Labute approximate surface area is 129 Å². The van der Waals surface area contributed by atoms with Crippen molar-refractivity contribution >= 4 is 5.69 Å². The Kier molecular flexibility index (Phi) is 4.84. The summed E-state index contributed by atoms with van der Waals surface area (Å²) in [4.78, 5) is 2.25. The Balaban J connectivity index is 1.64. The minimum atomic E-state index is 0.688. The SMILES string of the molecule is CN(C)Cc1ccccc1NC1CCC2CCCCC2C1. The maximum atomic E-state index is 3.86. The molecule has 0 aromatic heterocycles. The first-order chi connectivity index (χ1) is 10.2. The van der Waals surface area contributed by atoms with Crippen LogP contribution in [0.15, 0.2) is 24.3 Å². The molecule has 3 unspecified atom stereocenters. The smallest absolute Gasteiger partial charge is 0.0388 e. The fourth-order valence-electron chi connectivity index (χ4n) is 4.36. The molecule has 1 N–H and O–H groups in total. The van der Waals surface area contributed by atoms with E-state index in [-0.39, 0.29) is 0 Å². The summed E-state index contributed by atoms with van der Waals surface area (Å²) in [5.74, 6) is 2.03. The van der Waals surface area contributed by atoms with Gasteiger partial charge in [-0.15, -0.1) is 0 Å². The molecule has 0 aliphatic heterocycles. The molecule has 1 aromatic rings. The first-order valence-corrected chi connectivity index (χ1v) is 8.71. The van der Waals surface area contributed by atoms with Gasteiger partial charge in [0.05, 0.1) is 0 Å². The Morgan fingerprint density at radius 1 is 1.00 bits per heavy atom. The monoisotopic (exact) mass is 286 g/mol. The van der Waals surface area contributed by atoms with Crippen molar-refractivity contribution in [3.05, 3.63) is 29.8 Å². The lowest BCUT2D eigenvalue weighted by Crippen LogP contribution is -2.34. The average Bonchev–Trinajstić information content (AvgIpc) is 2.49. The quantitative estimate of drug-likeness (QED) is 0.875. The zero-order valence-electron chi connectivity index (χ0n) is 13.6. The van der Waals surface area contributed by atoms with Crippen molar-refractivity contribution in [3.63, 3.8) is 0 Å². The van der Waals surface area contributed by atoms with E-state index in [0.29, 0.717) is 6.04 Å². The highest BCUT2D eigenvalue weighted by atomic mass is 15.1. The molecule has 1 aromatic carbocycles. The van der Waals surface area contributed by atoms with E-state index in [0.717, 1.165) is 18.4 Å². The van der Waals surface area contributed by atoms with Crippen molar-refractivity contribution in [3.8, 4) is 0 Å². The average molecular weight is 286 g/mol. The molecule has 2 aliphatic carbocycles. The van der Waals surface area contributed by atoms with Crippen molar-refractivity contribution in [2.24, 2.45) is 11.8 Å². The highest BCUT2D eigenvalue weighted by Gasteiger charge is 2.32. The van der Waals surface area contributed by atoms with Gasteiger partial charge in [-0.05, 0) is 56.8 Å². The first-order valence-electron chi connectivity index (χ1n) is 8.71. The summed E-state index contributed by atoms with van der Waals surface area (Å²) < 4.78 is 0. The summed E-state index contributed by atoms with van der Waals surface area (Å²) in [7, 11) is 4.29. The molecule has 0 spiro atoms. The van der Waals surface area contributed by atoms with E-state index in [1.165, 1.54) is 56.2 Å². The van der Waals surface area contributed by atoms with Gasteiger partial charge in [0.15, 0.2) is 0 Å². The maximum absolute atomic E-state index is 3.86. The minimum absolute atomic E-state index is 0.688. The van der Waals surface area contributed by atoms with Crippen LogP contribution in [0.3, 0.4) is 0 Å². The molecule has 2 nitrogen and oxygen atoms in total. The lowest BCUT2D eigenvalue weighted by atomic mass is 9.69. The van der Waals surface area contributed by atoms with Gasteiger partial charge in [-0.3, -0.25) is 0 Å². The molecule has 21 heavy (non-hydrogen) atoms. The third-order valence-corrected chi connectivity index (χ3v) is 5.40. The van der Waals surface area contributed by atoms with Crippen LogP contribution in [0.4, 0.5) is 5.69 Å². The summed E-state index contributed by atoms with van der Waals surface area (Å²) >= 11 is 0. The molecule has 0 saturated heterocycles. The van der Waals surface area contributed by atoms with Crippen LogP contribution in [0, 0.1) is 11.8 Å². The van der Waals surface area contributed by atoms with Crippen molar-refractivity contribution in [1.29, 1.82) is 0 Å². The Hall–Kier alpha value is -1.02. The molecule has 2 heteroatoms. The van der Waals surface area contributed by atoms with Crippen molar-refractivity contribution < 1.29 is 0 Å². The highest BCUT2D eigenvalue weighted by Crippen LogP contribution is 2.41. The number of nitrogens with one attached hydrogen (secondary N) is 1. The normalized spacial score (nSPS) is 29.2. The van der Waals surface area contributed by atoms with Gasteiger partial charge in [-0.1, -0.05) is 43.9 Å². The van der Waals surface area contributed by atoms with Crippen LogP contribution in [0.2, 0.25) is 0 Å². The Morgan fingerprint density at radius 3 is 2.57 bits per heavy atom. The predicted molar refractivity (Wildman–Crippen MR) is 90.5 cm³/mol. The van der Waals surface area contributed by atoms with E-state index in [4.69, 9.17) is 0 Å². The second kappa shape index (κ2) is 6.83. The Morgan fingerprint density at radius 2 is 1.76 bits per heavy atom. The predicted octanol–water partition coefficient (Wildman–Crippen LogP) is 4.52. The van der Waals surface area contributed by atoms with Gasteiger partial charge < -0.3 is 10.2 Å². The number of fused-ring (bicyclic) bond motifs is 1. The van der Waals surface area contributed by atoms with Crippen molar-refractivity contribution in [2.75, 3.05) is 19.4 Å². The maximum Gasteiger partial charge on any atom is 0.0388 e. The number of rotatable bonds is 4. The molecule has 3 atom stereocenters. The molecule has 2 fully saturated rings. The third kappa shape index (κ3) is 3.79. The summed E-state index contributed by atoms with van der Waals surface area (Å²) in [5.41, 5.74) is 2.78. The first kappa shape index (κ1) is 14.9. The van der Waals surface area contributed by atoms with Crippen molar-refractivity contribution in [1.82, 2.24) is 4.90 Å². The fourth-order valence-corrected chi connectivity index (χ4v) is 4.36. The molecular weight excluding hydrogens is 256 g/mol. The van der Waals surface area contributed by atoms with E-state index in [9.17, 15) is 0 Å². The summed E-state index contributed by atoms with van der Waals surface area (Å²) in [6.45, 7) is 1.02. The number of nitrogens with zero attached hydrogens (tertiary/aromatic N) is 1. The summed E-state index contributed by atoms with van der Waals surface area (Å²) in [6.07, 6.45) is 10.1. The van der Waals surface area contributed by atoms with Gasteiger partial charge in [0.25, 0.3) is 0 Å². The van der Waals surface area contributed by atoms with Crippen LogP contribution in [-0.2, 0) is 6.54 Å². The van der Waals surface area contributed by atoms with E-state index >= 15 is 0 Å². The summed E-state index contributed by atoms with van der Waals surface area (Å²) in [5, 5.41) is 3.86. The van der Waals surface area contributed by atoms with E-state index in [1.807, 2.05) is 0 Å². The number of hydrogen-bond acceptors (Lipinski definition) is 2. The Bertz CT molecular complexity index is 455. The molecule has 0 amide bonds. The van der Waals surface area contributed by atoms with Crippen LogP contribution >= 0.6 is 0 Å². The van der Waals surface area contributed by atoms with Gasteiger partial charge in [-0.2, -0.15) is 0 Å². The van der Waals surface area contributed by atoms with Gasteiger partial charge in [0.1, 0.15) is 0 Å². The number of anilines is 1. The topological polar surface area (TPSA) is 15.3 Å². The van der Waals surface area contributed by atoms with Crippen LogP contribution in [0.25, 0.3) is 0 Å². The highest BCUT2D eigenvalue weighted by molar-refractivity contribution is 5.51. The number of para-hydroxylation sites is 1. The van der Waals surface area contributed by atoms with Crippen LogP contribution in [0.5, 0.6) is 0 Å². The largest absolute Gasteiger partial charge is 0.382 e. The lowest BCUT2D eigenvalue weighted by Gasteiger charge is -2.40. The van der Waals surface area contributed by atoms with Gasteiger partial charge >= 0.3 is 0 Å². The zero-order valence-corrected chi connectivity index (χ0v) is 13.6. The summed E-state index contributed by atoms with van der Waals surface area (Å²) in [6, 6.07) is 9.52. The van der Waals surface area contributed by atoms with E-state index in [2.05, 4.69) is 48.6 Å². The molecule has 116 valence electrons. The molecule has 2 saturated carbocycles. The number of hydrogen-bond donors (Lipinski definition) is 1. The van der Waals surface area contributed by atoms with Gasteiger partial charge in [0.2, 0.25) is 0 Å². The standard InChI is InChI=1S/C19H30N2/c1-21(2)14-17-9-5-6-10-19(17)20-18-12-11-15-7-3-4-8-16(15)13-18/h5-6,9-10,15-16,18,20H,3-4,7-8,11-14H2,1-2H3. The molecule has 2 aliphatic rings. The molecule has 3 rings (SSSR count). The molecule has 0 heterocycles. The zero-order chi connectivity index (χ0) is 14.7. The van der Waals surface area contributed by atoms with Crippen LogP contribution in [-0.4, -0.2) is 25.0 Å². The molecular formula is C19H30N2. The third-order valence-electron chi connectivity index (χ3n) is 5.40. The van der Waals surface area contributed by atoms with Crippen molar-refractivity contribution in [2.45, 2.75) is 57.5 Å². The molecule has 0 bridgehead atoms. The van der Waals surface area contributed by atoms with Gasteiger partial charge in [0, 0.05) is 18.3 Å².